The summed E-state index contributed by atoms with van der Waals surface area (Å²) in [6, 6.07) is 25.1. The maximum absolute atomic E-state index is 6.27. The van der Waals surface area contributed by atoms with Gasteiger partial charge in [-0.3, -0.25) is 9.97 Å². The van der Waals surface area contributed by atoms with E-state index in [1.807, 2.05) is 50.5 Å². The van der Waals surface area contributed by atoms with E-state index >= 15 is 0 Å². The van der Waals surface area contributed by atoms with Gasteiger partial charge in [0.25, 0.3) is 0 Å². The highest BCUT2D eigenvalue weighted by atomic mass is 16.7. The predicted octanol–water partition coefficient (Wildman–Crippen LogP) is 9.82. The zero-order valence-corrected chi connectivity index (χ0v) is 37.2. The molecule has 2 saturated heterocycles. The van der Waals surface area contributed by atoms with E-state index in [-0.39, 0.29) is 5.79 Å². The van der Waals surface area contributed by atoms with Crippen LogP contribution in [0.2, 0.25) is 0 Å². The molecule has 4 aromatic heterocycles. The van der Waals surface area contributed by atoms with E-state index in [4.69, 9.17) is 38.4 Å². The van der Waals surface area contributed by atoms with E-state index in [0.29, 0.717) is 69.2 Å². The number of ether oxygens (including phenoxy) is 6. The van der Waals surface area contributed by atoms with E-state index in [2.05, 4.69) is 81.5 Å². The van der Waals surface area contributed by atoms with E-state index in [9.17, 15) is 0 Å². The molecule has 0 amide bonds. The van der Waals surface area contributed by atoms with Gasteiger partial charge in [0.15, 0.2) is 11.6 Å². The number of fused-ring (bicyclic) bond motifs is 2. The predicted molar refractivity (Wildman–Crippen MR) is 244 cm³/mol. The van der Waals surface area contributed by atoms with Crippen LogP contribution in [0.4, 0.5) is 0 Å². The van der Waals surface area contributed by atoms with Gasteiger partial charge in [-0.2, -0.15) is 9.97 Å². The summed E-state index contributed by atoms with van der Waals surface area (Å²) in [6.07, 6.45) is 14.3. The molecular weight excluding hydrogens is 805 g/mol. The molecule has 2 aliphatic heterocycles. The second-order valence-electron chi connectivity index (χ2n) is 18.2. The Labute approximate surface area is 375 Å². The van der Waals surface area contributed by atoms with Crippen molar-refractivity contribution in [1.82, 2.24) is 29.9 Å². The molecule has 12 nitrogen and oxygen atoms in total. The smallest absolute Gasteiger partial charge is 0.224 e. The van der Waals surface area contributed by atoms with Crippen LogP contribution in [0, 0.1) is 25.7 Å². The molecule has 2 aromatic carbocycles. The SMILES string of the molecule is Cc1ncc(C2=CCC3(CC2)OCCO3)c(OC[C@H]2C[C@@H]2c2ccc3ccccc3n2)n1.Cc1ncc(C2CCC3(CC2)OCCO3)c(OC[C@@H](C)Cc2ccc3ccccc3n2)n1. The first kappa shape index (κ1) is 42.5. The van der Waals surface area contributed by atoms with Crippen molar-refractivity contribution in [2.45, 2.75) is 102 Å². The zero-order chi connectivity index (χ0) is 43.5. The number of hydrogen-bond acceptors (Lipinski definition) is 12. The van der Waals surface area contributed by atoms with Gasteiger partial charge in [0.05, 0.1) is 56.2 Å². The lowest BCUT2D eigenvalue weighted by atomic mass is 9.81. The quantitative estimate of drug-likeness (QED) is 0.123. The first-order valence-corrected chi connectivity index (χ1v) is 23.2. The lowest BCUT2D eigenvalue weighted by Gasteiger charge is -2.35. The molecule has 5 aliphatic rings. The molecule has 6 heterocycles. The first-order chi connectivity index (χ1) is 31.3. The number of nitrogens with zero attached hydrogens (tertiary/aromatic N) is 6. The Morgan fingerprint density at radius 3 is 2.06 bits per heavy atom. The molecule has 0 radical (unpaired) electrons. The van der Waals surface area contributed by atoms with Gasteiger partial charge >= 0.3 is 0 Å². The third-order valence-corrected chi connectivity index (χ3v) is 13.4. The largest absolute Gasteiger partial charge is 0.477 e. The number of benzene rings is 2. The second kappa shape index (κ2) is 18.6. The van der Waals surface area contributed by atoms with Crippen LogP contribution in [-0.2, 0) is 25.4 Å². The molecule has 0 N–H and O–H groups in total. The van der Waals surface area contributed by atoms with Crippen LogP contribution in [0.3, 0.4) is 0 Å². The summed E-state index contributed by atoms with van der Waals surface area (Å²) in [7, 11) is 0. The lowest BCUT2D eigenvalue weighted by Crippen LogP contribution is -2.34. The molecule has 64 heavy (non-hydrogen) atoms. The van der Waals surface area contributed by atoms with Gasteiger partial charge in [0, 0.05) is 77.6 Å². The van der Waals surface area contributed by atoms with Crippen LogP contribution in [0.5, 0.6) is 11.8 Å². The minimum Gasteiger partial charge on any atom is -0.477 e. The highest BCUT2D eigenvalue weighted by Crippen LogP contribution is 2.48. The van der Waals surface area contributed by atoms with Crippen molar-refractivity contribution in [1.29, 1.82) is 0 Å². The molecule has 6 aromatic rings. The summed E-state index contributed by atoms with van der Waals surface area (Å²) < 4.78 is 36.0. The molecule has 12 heteroatoms. The minimum absolute atomic E-state index is 0.321. The summed E-state index contributed by atoms with van der Waals surface area (Å²) in [5.41, 5.74) is 7.66. The van der Waals surface area contributed by atoms with Crippen LogP contribution >= 0.6 is 0 Å². The average Bonchev–Trinajstić information content (AvgIpc) is 3.73. The molecule has 11 rings (SSSR count). The Morgan fingerprint density at radius 1 is 0.688 bits per heavy atom. The first-order valence-electron chi connectivity index (χ1n) is 23.2. The summed E-state index contributed by atoms with van der Waals surface area (Å²) in [5, 5.41) is 2.35. The van der Waals surface area contributed by atoms with Gasteiger partial charge in [-0.05, 0) is 87.6 Å². The summed E-state index contributed by atoms with van der Waals surface area (Å²) in [6.45, 7) is 10.0. The maximum Gasteiger partial charge on any atom is 0.224 e. The molecule has 2 saturated carbocycles. The summed E-state index contributed by atoms with van der Waals surface area (Å²) >= 11 is 0. The van der Waals surface area contributed by atoms with Gasteiger partial charge < -0.3 is 28.4 Å². The maximum atomic E-state index is 6.27. The van der Waals surface area contributed by atoms with Gasteiger partial charge in [0.1, 0.15) is 11.6 Å². The normalized spacial score (nSPS) is 21.7. The second-order valence-corrected chi connectivity index (χ2v) is 18.2. The fourth-order valence-corrected chi connectivity index (χ4v) is 9.73. The molecule has 2 spiro atoms. The number of para-hydroxylation sites is 2. The molecule has 4 fully saturated rings. The summed E-state index contributed by atoms with van der Waals surface area (Å²) in [4.78, 5) is 27.8. The van der Waals surface area contributed by atoms with Gasteiger partial charge in [0.2, 0.25) is 11.8 Å². The number of aromatic nitrogens is 6. The lowest BCUT2D eigenvalue weighted by molar-refractivity contribution is -0.178. The van der Waals surface area contributed by atoms with E-state index in [1.54, 1.807) is 0 Å². The number of rotatable bonds is 11. The fourth-order valence-electron chi connectivity index (χ4n) is 9.73. The molecule has 3 atom stereocenters. The van der Waals surface area contributed by atoms with Crippen molar-refractivity contribution < 1.29 is 28.4 Å². The van der Waals surface area contributed by atoms with Crippen LogP contribution in [0.1, 0.15) is 104 Å². The highest BCUT2D eigenvalue weighted by Gasteiger charge is 2.42. The van der Waals surface area contributed by atoms with Crippen LogP contribution in [0.25, 0.3) is 27.4 Å². The summed E-state index contributed by atoms with van der Waals surface area (Å²) in [5.74, 6) is 3.71. The van der Waals surface area contributed by atoms with Crippen LogP contribution in [-0.4, -0.2) is 81.1 Å². The third-order valence-electron chi connectivity index (χ3n) is 13.4. The van der Waals surface area contributed by atoms with E-state index in [1.165, 1.54) is 16.3 Å². The monoisotopic (exact) mass is 862 g/mol. The van der Waals surface area contributed by atoms with Crippen molar-refractivity contribution in [3.8, 4) is 11.8 Å². The Balaban J connectivity index is 0.000000151. The van der Waals surface area contributed by atoms with Crippen LogP contribution in [0.15, 0.2) is 91.3 Å². The Hall–Kier alpha value is -5.40. The van der Waals surface area contributed by atoms with Crippen molar-refractivity contribution in [3.05, 3.63) is 125 Å². The number of aryl methyl sites for hydroxylation is 2. The minimum atomic E-state index is -0.426. The number of allylic oxidation sites excluding steroid dienone is 1. The number of hydrogen-bond donors (Lipinski definition) is 0. The topological polar surface area (TPSA) is 133 Å². The van der Waals surface area contributed by atoms with Crippen LogP contribution < -0.4 is 9.47 Å². The van der Waals surface area contributed by atoms with Crippen molar-refractivity contribution in [2.75, 3.05) is 39.6 Å². The average molecular weight is 863 g/mol. The van der Waals surface area contributed by atoms with Gasteiger partial charge in [-0.25, -0.2) is 9.97 Å². The Morgan fingerprint density at radius 2 is 1.34 bits per heavy atom. The van der Waals surface area contributed by atoms with E-state index in [0.717, 1.165) is 109 Å². The molecular formula is C52H58N6O6. The molecule has 3 aliphatic carbocycles. The van der Waals surface area contributed by atoms with Gasteiger partial charge in [-0.15, -0.1) is 0 Å². The molecule has 0 unspecified atom stereocenters. The van der Waals surface area contributed by atoms with E-state index < -0.39 is 5.79 Å². The third kappa shape index (κ3) is 9.66. The van der Waals surface area contributed by atoms with Crippen molar-refractivity contribution in [3.63, 3.8) is 0 Å². The molecule has 332 valence electrons. The standard InChI is InChI=1S/C26H27N3O3.C26H31N3O3/c1-17-27-15-22(18-8-10-26(11-9-18)31-12-13-32-26)25(28-17)30-16-20-14-21(20)24-7-6-19-4-2-3-5-23(19)29-24;1-18(15-22-8-7-21-5-3-4-6-24(21)29-22)17-30-25-23(16-27-19(2)28-25)20-9-11-26(12-10-20)31-13-14-32-26/h2-8,15,20-21H,9-14,16H2,1H3;3-8,16,18,20H,9-15,17H2,1-2H3/t20-,21+;18-/m10/s1. The molecule has 0 bridgehead atoms. The highest BCUT2D eigenvalue weighted by molar-refractivity contribution is 5.79. The van der Waals surface area contributed by atoms with Crippen molar-refractivity contribution >= 4 is 27.4 Å². The zero-order valence-electron chi connectivity index (χ0n) is 37.2. The van der Waals surface area contributed by atoms with Gasteiger partial charge in [-0.1, -0.05) is 61.5 Å². The van der Waals surface area contributed by atoms with Crippen molar-refractivity contribution in [2.24, 2.45) is 11.8 Å². The Kier molecular flexibility index (Phi) is 12.4. The fraction of sp³-hybridized carbons (Fsp3) is 0.462. The number of pyridine rings is 2. The Bertz CT molecular complexity index is 2620.